The van der Waals surface area contributed by atoms with Gasteiger partial charge in [0.05, 0.1) is 13.7 Å². The standard InChI is InChI=1S/C39H51F2N5O9S/c1-22-9-7-8-10-25-19-39(25,35(49)45-56(51,52)38(21-40)13-14-38)44-32(47)29-18-27(54-33-28-12-11-26(41)16-24(28)17-30(42-33)53-6)20-46(29)34(48)31(23(2)15-22)43-36(50)55-37(3,4)5/h8,10-12,16-17,22-23,25,27,29,31H,7,9,13-15,18-21H2,1-6H3,(H,43,50)(H,44,47)(H,45,49)/b10-8-/t22-,23+,25+,27+,29-,31-,39+/m0/s1. The maximum absolute atomic E-state index is 14.8. The summed E-state index contributed by atoms with van der Waals surface area (Å²) >= 11 is 0. The largest absolute Gasteiger partial charge is 0.481 e. The number of pyridine rings is 1. The molecule has 3 heterocycles. The molecule has 0 unspecified atom stereocenters. The summed E-state index contributed by atoms with van der Waals surface area (Å²) in [6.45, 7) is 7.66. The van der Waals surface area contributed by atoms with E-state index < -0.39 is 92.2 Å². The van der Waals surface area contributed by atoms with Gasteiger partial charge in [0.25, 0.3) is 5.91 Å². The van der Waals surface area contributed by atoms with Gasteiger partial charge in [-0.15, -0.1) is 0 Å². The monoisotopic (exact) mass is 803 g/mol. The minimum atomic E-state index is -4.41. The van der Waals surface area contributed by atoms with E-state index in [0.717, 1.165) is 0 Å². The normalized spacial score (nSPS) is 29.8. The highest BCUT2D eigenvalue weighted by Crippen LogP contribution is 2.48. The third kappa shape index (κ3) is 8.56. The van der Waals surface area contributed by atoms with Crippen LogP contribution in [-0.4, -0.2) is 96.5 Å². The molecule has 4 aliphatic rings. The fourth-order valence-electron chi connectivity index (χ4n) is 7.71. The van der Waals surface area contributed by atoms with Crippen LogP contribution in [0.25, 0.3) is 10.8 Å². The first-order valence-corrected chi connectivity index (χ1v) is 20.5. The fourth-order valence-corrected chi connectivity index (χ4v) is 9.14. The van der Waals surface area contributed by atoms with Crippen LogP contribution in [0.15, 0.2) is 36.4 Å². The quantitative estimate of drug-likeness (QED) is 0.323. The number of nitrogens with one attached hydrogen (secondary N) is 3. The Morgan fingerprint density at radius 3 is 2.52 bits per heavy atom. The second-order valence-corrected chi connectivity index (χ2v) is 18.9. The van der Waals surface area contributed by atoms with E-state index in [0.29, 0.717) is 30.0 Å². The van der Waals surface area contributed by atoms with Crippen molar-refractivity contribution in [2.75, 3.05) is 20.3 Å². The highest BCUT2D eigenvalue weighted by atomic mass is 32.2. The van der Waals surface area contributed by atoms with Crippen LogP contribution in [0, 0.1) is 23.6 Å². The maximum atomic E-state index is 14.8. The van der Waals surface area contributed by atoms with Gasteiger partial charge in [0.15, 0.2) is 0 Å². The zero-order valence-electron chi connectivity index (χ0n) is 32.5. The van der Waals surface area contributed by atoms with Crippen molar-refractivity contribution in [1.29, 1.82) is 0 Å². The number of hydrogen-bond donors (Lipinski definition) is 3. The second kappa shape index (κ2) is 15.4. The molecule has 6 rings (SSSR count). The van der Waals surface area contributed by atoms with Gasteiger partial charge >= 0.3 is 6.09 Å². The molecule has 4 amide bonds. The van der Waals surface area contributed by atoms with Crippen molar-refractivity contribution in [3.8, 4) is 11.8 Å². The Bertz CT molecular complexity index is 2020. The van der Waals surface area contributed by atoms with Crippen LogP contribution >= 0.6 is 0 Å². The van der Waals surface area contributed by atoms with Crippen molar-refractivity contribution in [2.24, 2.45) is 17.8 Å². The summed E-state index contributed by atoms with van der Waals surface area (Å²) < 4.78 is 72.0. The SMILES string of the molecule is COc1cc2cc(F)ccc2c(O[C@@H]2C[C@H]3C(=O)N[C@]4(C(=O)NS(=O)(=O)C5(CF)CC5)C[C@H]4/C=C\CC[C@H](C)C[C@@H](C)[C@H](NC(=O)OC(C)(C)C)C(=O)N3C2)n1. The Morgan fingerprint density at radius 1 is 1.12 bits per heavy atom. The van der Waals surface area contributed by atoms with Crippen LogP contribution in [0.5, 0.6) is 11.8 Å². The molecular formula is C39H51F2N5O9S. The molecule has 56 heavy (non-hydrogen) atoms. The molecule has 2 aromatic rings. The molecule has 17 heteroatoms. The van der Waals surface area contributed by atoms with Crippen LogP contribution in [0.2, 0.25) is 0 Å². The van der Waals surface area contributed by atoms with E-state index in [1.165, 1.54) is 30.2 Å². The number of hydrogen-bond acceptors (Lipinski definition) is 10. The molecule has 1 aromatic heterocycles. The average molecular weight is 804 g/mol. The molecular weight excluding hydrogens is 753 g/mol. The first kappa shape index (κ1) is 41.1. The van der Waals surface area contributed by atoms with Gasteiger partial charge in [-0.05, 0) is 94.7 Å². The predicted molar refractivity (Wildman–Crippen MR) is 201 cm³/mol. The number of methoxy groups -OCH3 is 1. The van der Waals surface area contributed by atoms with Gasteiger partial charge in [-0.25, -0.2) is 22.0 Å². The number of ether oxygens (including phenoxy) is 3. The molecule has 0 bridgehead atoms. The number of alkyl carbamates (subject to hydrolysis) is 1. The molecule has 0 spiro atoms. The number of allylic oxidation sites excluding steroid dienone is 1. The third-order valence-corrected chi connectivity index (χ3v) is 13.3. The molecule has 306 valence electrons. The summed E-state index contributed by atoms with van der Waals surface area (Å²) in [5.41, 5.74) is -2.56. The van der Waals surface area contributed by atoms with Crippen molar-refractivity contribution in [3.63, 3.8) is 0 Å². The van der Waals surface area contributed by atoms with Gasteiger partial charge in [-0.1, -0.05) is 26.0 Å². The van der Waals surface area contributed by atoms with Crippen molar-refractivity contribution in [3.05, 3.63) is 42.2 Å². The van der Waals surface area contributed by atoms with Crippen LogP contribution in [0.3, 0.4) is 0 Å². The summed E-state index contributed by atoms with van der Waals surface area (Å²) in [7, 11) is -3.02. The number of aromatic nitrogens is 1. The van der Waals surface area contributed by atoms with E-state index >= 15 is 0 Å². The average Bonchev–Trinajstić information content (AvgIpc) is 4.02. The maximum Gasteiger partial charge on any atom is 0.408 e. The lowest BCUT2D eigenvalue weighted by atomic mass is 9.88. The molecule has 2 saturated carbocycles. The molecule has 7 atom stereocenters. The Hall–Kier alpha value is -4.54. The van der Waals surface area contributed by atoms with Crippen molar-refractivity contribution in [2.45, 2.75) is 114 Å². The summed E-state index contributed by atoms with van der Waals surface area (Å²) in [5.74, 6) is -3.51. The van der Waals surface area contributed by atoms with Gasteiger partial charge in [-0.3, -0.25) is 19.1 Å². The van der Waals surface area contributed by atoms with E-state index in [1.807, 2.05) is 19.9 Å². The Morgan fingerprint density at radius 2 is 1.86 bits per heavy atom. The molecule has 3 fully saturated rings. The summed E-state index contributed by atoms with van der Waals surface area (Å²) in [4.78, 5) is 62.0. The number of rotatable bonds is 8. The van der Waals surface area contributed by atoms with Crippen LogP contribution in [-0.2, 0) is 29.1 Å². The number of halogens is 2. The topological polar surface area (TPSA) is 182 Å². The highest BCUT2D eigenvalue weighted by molar-refractivity contribution is 7.91. The number of alkyl halides is 1. The minimum absolute atomic E-state index is 0.0663. The van der Waals surface area contributed by atoms with Gasteiger partial charge in [0.1, 0.15) is 46.6 Å². The lowest BCUT2D eigenvalue weighted by molar-refractivity contribution is -0.142. The van der Waals surface area contributed by atoms with E-state index in [9.17, 15) is 36.4 Å². The number of benzene rings is 1. The number of sulfonamides is 1. The second-order valence-electron chi connectivity index (χ2n) is 16.8. The zero-order chi connectivity index (χ0) is 40.8. The molecule has 3 N–H and O–H groups in total. The first-order valence-electron chi connectivity index (χ1n) is 19.0. The van der Waals surface area contributed by atoms with Gasteiger partial charge in [-0.2, -0.15) is 4.98 Å². The fraction of sp³-hybridized carbons (Fsp3) is 0.615. The number of carbonyl (C=O) groups is 4. The van der Waals surface area contributed by atoms with E-state index in [-0.39, 0.29) is 49.9 Å². The Kier molecular flexibility index (Phi) is 11.3. The number of fused-ring (bicyclic) bond motifs is 3. The van der Waals surface area contributed by atoms with Crippen LogP contribution < -0.4 is 24.8 Å². The van der Waals surface area contributed by atoms with Gasteiger partial charge < -0.3 is 29.7 Å². The summed E-state index contributed by atoms with van der Waals surface area (Å²) in [6, 6.07) is 3.19. The van der Waals surface area contributed by atoms with Gasteiger partial charge in [0, 0.05) is 23.8 Å². The number of nitrogens with zero attached hydrogens (tertiary/aromatic N) is 2. The number of amides is 4. The zero-order valence-corrected chi connectivity index (χ0v) is 33.3. The summed E-state index contributed by atoms with van der Waals surface area (Å²) in [6.07, 6.45) is 3.94. The third-order valence-electron chi connectivity index (χ3n) is 11.2. The summed E-state index contributed by atoms with van der Waals surface area (Å²) in [5, 5.41) is 6.43. The van der Waals surface area contributed by atoms with E-state index in [1.54, 1.807) is 32.9 Å². The molecule has 1 aromatic carbocycles. The first-order chi connectivity index (χ1) is 26.3. The van der Waals surface area contributed by atoms with Crippen molar-refractivity contribution < 1.29 is 50.6 Å². The van der Waals surface area contributed by atoms with Crippen LogP contribution in [0.4, 0.5) is 13.6 Å². The minimum Gasteiger partial charge on any atom is -0.481 e. The lowest BCUT2D eigenvalue weighted by Gasteiger charge is -2.33. The Labute approximate surface area is 325 Å². The molecule has 0 radical (unpaired) electrons. The van der Waals surface area contributed by atoms with Gasteiger partial charge in [0.2, 0.25) is 33.6 Å². The highest BCUT2D eigenvalue weighted by Gasteiger charge is 2.64. The number of carbonyl (C=O) groups excluding carboxylic acids is 4. The van der Waals surface area contributed by atoms with Crippen molar-refractivity contribution >= 4 is 44.6 Å². The van der Waals surface area contributed by atoms with Crippen molar-refractivity contribution in [1.82, 2.24) is 25.2 Å². The predicted octanol–water partition coefficient (Wildman–Crippen LogP) is 4.46. The van der Waals surface area contributed by atoms with E-state index in [2.05, 4.69) is 20.3 Å². The van der Waals surface area contributed by atoms with E-state index in [4.69, 9.17) is 14.2 Å². The molecule has 1 saturated heterocycles. The molecule has 14 nitrogen and oxygen atoms in total. The molecule has 2 aliphatic carbocycles. The smallest absolute Gasteiger partial charge is 0.408 e. The lowest BCUT2D eigenvalue weighted by Crippen LogP contribution is -2.59. The molecule has 2 aliphatic heterocycles. The van der Waals surface area contributed by atoms with Crippen LogP contribution in [0.1, 0.15) is 79.6 Å². The Balaban J connectivity index is 1.36.